The normalized spacial score (nSPS) is 14.4. The smallest absolute Gasteiger partial charge is 0.122 e. The largest absolute Gasteiger partial charge is 0.497 e. The van der Waals surface area contributed by atoms with Crippen LogP contribution >= 0.6 is 0 Å². The molecule has 0 aliphatic heterocycles. The second kappa shape index (κ2) is 6.09. The van der Waals surface area contributed by atoms with Crippen LogP contribution in [0.2, 0.25) is 0 Å². The number of rotatable bonds is 7. The Kier molecular flexibility index (Phi) is 4.02. The second-order valence-corrected chi connectivity index (χ2v) is 5.40. The summed E-state index contributed by atoms with van der Waals surface area (Å²) in [6.07, 6.45) is 6.67. The summed E-state index contributed by atoms with van der Waals surface area (Å²) in [5.41, 5.74) is 1.23. The van der Waals surface area contributed by atoms with Gasteiger partial charge in [0.15, 0.2) is 0 Å². The first kappa shape index (κ1) is 13.2. The quantitative estimate of drug-likeness (QED) is 0.840. The Bertz CT molecular complexity index is 560. The molecule has 1 fully saturated rings. The van der Waals surface area contributed by atoms with Gasteiger partial charge in [0, 0.05) is 18.9 Å². The van der Waals surface area contributed by atoms with Gasteiger partial charge in [0.1, 0.15) is 11.6 Å². The van der Waals surface area contributed by atoms with Gasteiger partial charge in [-0.05, 0) is 43.0 Å². The van der Waals surface area contributed by atoms with Crippen LogP contribution in [0, 0.1) is 5.92 Å². The third-order valence-electron chi connectivity index (χ3n) is 3.70. The summed E-state index contributed by atoms with van der Waals surface area (Å²) in [7, 11) is 1.70. The number of ether oxygens (including phenoxy) is 1. The number of nitrogens with zero attached hydrogens (tertiary/aromatic N) is 2. The van der Waals surface area contributed by atoms with E-state index < -0.39 is 0 Å². The highest BCUT2D eigenvalue weighted by molar-refractivity contribution is 5.28. The summed E-state index contributed by atoms with van der Waals surface area (Å²) in [6.45, 7) is 2.79. The third-order valence-corrected chi connectivity index (χ3v) is 3.70. The van der Waals surface area contributed by atoms with Crippen molar-refractivity contribution in [1.29, 1.82) is 0 Å². The van der Waals surface area contributed by atoms with E-state index in [1.54, 1.807) is 7.11 Å². The van der Waals surface area contributed by atoms with Crippen LogP contribution in [-0.4, -0.2) is 23.2 Å². The summed E-state index contributed by atoms with van der Waals surface area (Å²) >= 11 is 0. The molecule has 0 unspecified atom stereocenters. The van der Waals surface area contributed by atoms with Crippen LogP contribution in [0.15, 0.2) is 36.7 Å². The van der Waals surface area contributed by atoms with Crippen molar-refractivity contribution in [2.45, 2.75) is 25.9 Å². The maximum atomic E-state index is 5.27. The van der Waals surface area contributed by atoms with Crippen LogP contribution < -0.4 is 10.1 Å². The predicted octanol–water partition coefficient (Wildman–Crippen LogP) is 2.44. The lowest BCUT2D eigenvalue weighted by atomic mass is 10.2. The van der Waals surface area contributed by atoms with Gasteiger partial charge in [0.2, 0.25) is 0 Å². The zero-order chi connectivity index (χ0) is 13.8. The lowest BCUT2D eigenvalue weighted by molar-refractivity contribution is 0.414. The first-order chi connectivity index (χ1) is 9.85. The molecule has 0 amide bonds. The Balaban J connectivity index is 1.62. The minimum absolute atomic E-state index is 0.831. The molecule has 20 heavy (non-hydrogen) atoms. The van der Waals surface area contributed by atoms with Crippen molar-refractivity contribution in [1.82, 2.24) is 14.9 Å². The van der Waals surface area contributed by atoms with Gasteiger partial charge in [-0.15, -0.1) is 0 Å². The van der Waals surface area contributed by atoms with E-state index in [2.05, 4.69) is 27.0 Å². The van der Waals surface area contributed by atoms with E-state index >= 15 is 0 Å². The van der Waals surface area contributed by atoms with Crippen LogP contribution in [-0.2, 0) is 13.1 Å². The number of aromatic nitrogens is 2. The molecular weight excluding hydrogens is 250 g/mol. The summed E-state index contributed by atoms with van der Waals surface area (Å²) < 4.78 is 7.45. The van der Waals surface area contributed by atoms with Crippen molar-refractivity contribution in [3.8, 4) is 5.75 Å². The molecule has 3 rings (SSSR count). The number of imidazole rings is 1. The Hall–Kier alpha value is -1.81. The van der Waals surface area contributed by atoms with Gasteiger partial charge in [-0.2, -0.15) is 0 Å². The van der Waals surface area contributed by atoms with Crippen molar-refractivity contribution >= 4 is 0 Å². The fourth-order valence-electron chi connectivity index (χ4n) is 2.33. The molecule has 4 heteroatoms. The lowest BCUT2D eigenvalue weighted by Gasteiger charge is -2.10. The van der Waals surface area contributed by atoms with Crippen molar-refractivity contribution < 1.29 is 4.74 Å². The van der Waals surface area contributed by atoms with E-state index in [1.807, 2.05) is 24.5 Å². The first-order valence-electron chi connectivity index (χ1n) is 7.19. The highest BCUT2D eigenvalue weighted by atomic mass is 16.5. The highest BCUT2D eigenvalue weighted by Crippen LogP contribution is 2.27. The maximum Gasteiger partial charge on any atom is 0.122 e. The van der Waals surface area contributed by atoms with E-state index in [0.29, 0.717) is 0 Å². The lowest BCUT2D eigenvalue weighted by Crippen LogP contribution is -2.19. The number of hydrogen-bond donors (Lipinski definition) is 1. The molecular formula is C16H21N3O. The topological polar surface area (TPSA) is 39.1 Å². The van der Waals surface area contributed by atoms with E-state index in [4.69, 9.17) is 4.74 Å². The molecule has 0 bridgehead atoms. The molecule has 0 spiro atoms. The molecule has 1 heterocycles. The number of nitrogens with one attached hydrogen (secondary N) is 1. The Labute approximate surface area is 119 Å². The predicted molar refractivity (Wildman–Crippen MR) is 78.8 cm³/mol. The van der Waals surface area contributed by atoms with Crippen LogP contribution in [0.4, 0.5) is 0 Å². The highest BCUT2D eigenvalue weighted by Gasteiger charge is 2.20. The van der Waals surface area contributed by atoms with E-state index in [9.17, 15) is 0 Å². The van der Waals surface area contributed by atoms with E-state index in [-0.39, 0.29) is 0 Å². The fourth-order valence-corrected chi connectivity index (χ4v) is 2.33. The number of methoxy groups -OCH3 is 1. The number of benzene rings is 1. The van der Waals surface area contributed by atoms with Crippen molar-refractivity contribution in [3.05, 3.63) is 48.0 Å². The van der Waals surface area contributed by atoms with Gasteiger partial charge in [-0.25, -0.2) is 4.98 Å². The molecule has 1 aliphatic carbocycles. The SMILES string of the molecule is COc1cccc(Cn2ccnc2CNCC2CC2)c1. The van der Waals surface area contributed by atoms with E-state index in [0.717, 1.165) is 37.1 Å². The monoisotopic (exact) mass is 271 g/mol. The van der Waals surface area contributed by atoms with Crippen LogP contribution in [0.25, 0.3) is 0 Å². The van der Waals surface area contributed by atoms with Crippen molar-refractivity contribution in [2.24, 2.45) is 5.92 Å². The second-order valence-electron chi connectivity index (χ2n) is 5.40. The average Bonchev–Trinajstić information content (AvgIpc) is 3.20. The molecule has 106 valence electrons. The maximum absolute atomic E-state index is 5.27. The molecule has 1 aromatic heterocycles. The standard InChI is InChI=1S/C16H21N3O/c1-20-15-4-2-3-14(9-15)12-19-8-7-18-16(19)11-17-10-13-5-6-13/h2-4,7-9,13,17H,5-6,10-12H2,1H3. The molecule has 0 radical (unpaired) electrons. The Morgan fingerprint density at radius 3 is 3.10 bits per heavy atom. The molecule has 0 saturated heterocycles. The molecule has 4 nitrogen and oxygen atoms in total. The summed E-state index contributed by atoms with van der Waals surface area (Å²) in [5, 5.41) is 3.49. The van der Waals surface area contributed by atoms with Gasteiger partial charge in [0.05, 0.1) is 13.7 Å². The van der Waals surface area contributed by atoms with Crippen molar-refractivity contribution in [2.75, 3.05) is 13.7 Å². The van der Waals surface area contributed by atoms with Gasteiger partial charge in [-0.3, -0.25) is 0 Å². The molecule has 0 atom stereocenters. The van der Waals surface area contributed by atoms with Crippen LogP contribution in [0.1, 0.15) is 24.2 Å². The van der Waals surface area contributed by atoms with Crippen molar-refractivity contribution in [3.63, 3.8) is 0 Å². The summed E-state index contributed by atoms with van der Waals surface area (Å²) in [4.78, 5) is 4.44. The molecule has 1 aromatic carbocycles. The van der Waals surface area contributed by atoms with E-state index in [1.165, 1.54) is 18.4 Å². The van der Waals surface area contributed by atoms with Gasteiger partial charge >= 0.3 is 0 Å². The minimum atomic E-state index is 0.831. The molecule has 2 aromatic rings. The first-order valence-corrected chi connectivity index (χ1v) is 7.19. The van der Waals surface area contributed by atoms with Crippen LogP contribution in [0.3, 0.4) is 0 Å². The molecule has 1 saturated carbocycles. The Morgan fingerprint density at radius 1 is 1.40 bits per heavy atom. The molecule has 1 aliphatic rings. The minimum Gasteiger partial charge on any atom is -0.497 e. The third kappa shape index (κ3) is 3.39. The summed E-state index contributed by atoms with van der Waals surface area (Å²) in [6, 6.07) is 8.18. The molecule has 1 N–H and O–H groups in total. The van der Waals surface area contributed by atoms with Gasteiger partial charge in [-0.1, -0.05) is 12.1 Å². The summed E-state index contributed by atoms with van der Waals surface area (Å²) in [5.74, 6) is 2.89. The zero-order valence-electron chi connectivity index (χ0n) is 11.9. The number of hydrogen-bond acceptors (Lipinski definition) is 3. The van der Waals surface area contributed by atoms with Gasteiger partial charge < -0.3 is 14.6 Å². The van der Waals surface area contributed by atoms with Gasteiger partial charge in [0.25, 0.3) is 0 Å². The Morgan fingerprint density at radius 2 is 2.30 bits per heavy atom. The zero-order valence-corrected chi connectivity index (χ0v) is 11.9. The fraction of sp³-hybridized carbons (Fsp3) is 0.438. The van der Waals surface area contributed by atoms with Crippen LogP contribution in [0.5, 0.6) is 5.75 Å². The average molecular weight is 271 g/mol.